The van der Waals surface area contributed by atoms with Crippen molar-refractivity contribution in [2.75, 3.05) is 32.7 Å². The van der Waals surface area contributed by atoms with Gasteiger partial charge in [-0.1, -0.05) is 28.6 Å². The molecule has 0 bridgehead atoms. The summed E-state index contributed by atoms with van der Waals surface area (Å²) in [7, 11) is 0. The highest BCUT2D eigenvalue weighted by atomic mass is 79.9. The first-order valence-corrected chi connectivity index (χ1v) is 8.05. The smallest absolute Gasteiger partial charge is 0.263 e. The van der Waals surface area contributed by atoms with E-state index in [4.69, 9.17) is 4.74 Å². The van der Waals surface area contributed by atoms with Crippen LogP contribution in [-0.2, 0) is 4.79 Å². The molecule has 5 heteroatoms. The second-order valence-corrected chi connectivity index (χ2v) is 6.20. The van der Waals surface area contributed by atoms with Gasteiger partial charge in [0.2, 0.25) is 0 Å². The summed E-state index contributed by atoms with van der Waals surface area (Å²) in [6.07, 6.45) is 1.48. The lowest BCUT2D eigenvalue weighted by Gasteiger charge is -2.33. The van der Waals surface area contributed by atoms with Crippen LogP contribution in [0.1, 0.15) is 6.92 Å². The number of amides is 1. The maximum absolute atomic E-state index is 12.4. The lowest BCUT2D eigenvalue weighted by atomic mass is 10.2. The van der Waals surface area contributed by atoms with Crippen LogP contribution in [0.15, 0.2) is 41.4 Å². The number of nitrogens with one attached hydrogen (secondary N) is 1. The molecule has 0 aromatic heterocycles. The molecule has 1 fully saturated rings. The van der Waals surface area contributed by atoms with Gasteiger partial charge in [-0.15, -0.1) is 0 Å². The van der Waals surface area contributed by atoms with E-state index in [2.05, 4.69) is 22.5 Å². The second kappa shape index (κ2) is 7.61. The molecule has 114 valence electrons. The Morgan fingerprint density at radius 3 is 2.86 bits per heavy atom. The van der Waals surface area contributed by atoms with Crippen molar-refractivity contribution in [1.29, 1.82) is 0 Å². The summed E-state index contributed by atoms with van der Waals surface area (Å²) in [4.78, 5) is 15.8. The van der Waals surface area contributed by atoms with Gasteiger partial charge in [-0.25, -0.2) is 0 Å². The third-order valence-electron chi connectivity index (χ3n) is 3.67. The number of carbonyl (C=O) groups is 1. The van der Waals surface area contributed by atoms with Crippen molar-refractivity contribution in [3.63, 3.8) is 0 Å². The minimum atomic E-state index is -0.458. The normalized spacial score (nSPS) is 17.3. The van der Waals surface area contributed by atoms with Gasteiger partial charge in [0, 0.05) is 4.47 Å². The lowest BCUT2D eigenvalue weighted by molar-refractivity contribution is -0.898. The Labute approximate surface area is 134 Å². The second-order valence-electron chi connectivity index (χ2n) is 5.29. The lowest BCUT2D eigenvalue weighted by Crippen LogP contribution is -3.14. The summed E-state index contributed by atoms with van der Waals surface area (Å²) in [5.41, 5.74) is 0. The predicted octanol–water partition coefficient (Wildman–Crippen LogP) is 1.13. The molecule has 1 aromatic rings. The maximum Gasteiger partial charge on any atom is 0.263 e. The number of benzene rings is 1. The quantitative estimate of drug-likeness (QED) is 0.805. The minimum Gasteiger partial charge on any atom is -0.481 e. The van der Waals surface area contributed by atoms with Crippen molar-refractivity contribution in [3.8, 4) is 5.75 Å². The van der Waals surface area contributed by atoms with Crippen LogP contribution in [-0.4, -0.2) is 49.6 Å². The topological polar surface area (TPSA) is 34.0 Å². The summed E-state index contributed by atoms with van der Waals surface area (Å²) in [6.45, 7) is 10.1. The zero-order chi connectivity index (χ0) is 15.2. The Balaban J connectivity index is 1.87. The van der Waals surface area contributed by atoms with Crippen LogP contribution in [0, 0.1) is 0 Å². The molecular weight excluding hydrogens is 332 g/mol. The average Bonchev–Trinajstić information content (AvgIpc) is 2.47. The van der Waals surface area contributed by atoms with Gasteiger partial charge in [-0.3, -0.25) is 4.79 Å². The SMILES string of the molecule is C=CC[NH+]1CCN(C(=O)[C@H](C)Oc2cccc(Br)c2)CC1. The Morgan fingerprint density at radius 2 is 2.24 bits per heavy atom. The zero-order valence-corrected chi connectivity index (χ0v) is 13.9. The van der Waals surface area contributed by atoms with E-state index in [-0.39, 0.29) is 5.91 Å². The molecule has 0 radical (unpaired) electrons. The highest BCUT2D eigenvalue weighted by Crippen LogP contribution is 2.19. The number of rotatable bonds is 5. The number of ether oxygens (including phenoxy) is 1. The minimum absolute atomic E-state index is 0.0626. The standard InChI is InChI=1S/C16H21BrN2O2/c1-3-7-18-8-10-19(11-9-18)16(20)13(2)21-15-6-4-5-14(17)12-15/h3-6,12-13H,1,7-11H2,2H3/p+1/t13-/m0/s1. The summed E-state index contributed by atoms with van der Waals surface area (Å²) in [5.74, 6) is 0.772. The molecule has 1 aliphatic rings. The van der Waals surface area contributed by atoms with E-state index >= 15 is 0 Å². The Morgan fingerprint density at radius 1 is 1.52 bits per heavy atom. The Hall–Kier alpha value is -1.33. The van der Waals surface area contributed by atoms with E-state index in [0.29, 0.717) is 5.75 Å². The zero-order valence-electron chi connectivity index (χ0n) is 12.3. The van der Waals surface area contributed by atoms with E-state index in [0.717, 1.165) is 37.2 Å². The van der Waals surface area contributed by atoms with Crippen molar-refractivity contribution < 1.29 is 14.4 Å². The van der Waals surface area contributed by atoms with E-state index in [1.54, 1.807) is 0 Å². The molecular formula is C16H22BrN2O2+. The first-order valence-electron chi connectivity index (χ1n) is 7.25. The summed E-state index contributed by atoms with van der Waals surface area (Å²) >= 11 is 3.40. The van der Waals surface area contributed by atoms with Gasteiger partial charge in [0.25, 0.3) is 5.91 Å². The fourth-order valence-corrected chi connectivity index (χ4v) is 2.88. The number of nitrogens with zero attached hydrogens (tertiary/aromatic N) is 1. The van der Waals surface area contributed by atoms with Gasteiger partial charge in [0.15, 0.2) is 6.10 Å². The van der Waals surface area contributed by atoms with Crippen LogP contribution in [0.4, 0.5) is 0 Å². The van der Waals surface area contributed by atoms with E-state index in [1.807, 2.05) is 42.2 Å². The highest BCUT2D eigenvalue weighted by Gasteiger charge is 2.27. The molecule has 1 saturated heterocycles. The molecule has 0 unspecified atom stereocenters. The molecule has 1 aliphatic heterocycles. The number of piperazine rings is 1. The average molecular weight is 354 g/mol. The van der Waals surface area contributed by atoms with E-state index < -0.39 is 6.10 Å². The van der Waals surface area contributed by atoms with Gasteiger partial charge < -0.3 is 14.5 Å². The Bertz CT molecular complexity index is 499. The van der Waals surface area contributed by atoms with E-state index in [9.17, 15) is 4.79 Å². The Kier molecular flexibility index (Phi) is 5.82. The third kappa shape index (κ3) is 4.58. The molecule has 21 heavy (non-hydrogen) atoms. The maximum atomic E-state index is 12.4. The van der Waals surface area contributed by atoms with Crippen LogP contribution in [0.3, 0.4) is 0 Å². The first-order chi connectivity index (χ1) is 10.1. The van der Waals surface area contributed by atoms with Gasteiger partial charge >= 0.3 is 0 Å². The van der Waals surface area contributed by atoms with Crippen LogP contribution in [0.5, 0.6) is 5.75 Å². The molecule has 4 nitrogen and oxygen atoms in total. The molecule has 1 aromatic carbocycles. The summed E-state index contributed by atoms with van der Waals surface area (Å²) < 4.78 is 6.69. The van der Waals surface area contributed by atoms with Crippen molar-refractivity contribution in [1.82, 2.24) is 4.90 Å². The van der Waals surface area contributed by atoms with E-state index in [1.165, 1.54) is 4.90 Å². The van der Waals surface area contributed by atoms with Gasteiger partial charge in [0.05, 0.1) is 32.7 Å². The highest BCUT2D eigenvalue weighted by molar-refractivity contribution is 9.10. The largest absolute Gasteiger partial charge is 0.481 e. The van der Waals surface area contributed by atoms with Gasteiger partial charge in [-0.05, 0) is 31.2 Å². The molecule has 1 amide bonds. The van der Waals surface area contributed by atoms with Crippen molar-refractivity contribution in [2.24, 2.45) is 0 Å². The third-order valence-corrected chi connectivity index (χ3v) is 4.17. The van der Waals surface area contributed by atoms with Crippen molar-refractivity contribution in [2.45, 2.75) is 13.0 Å². The molecule has 1 N–H and O–H groups in total. The summed E-state index contributed by atoms with van der Waals surface area (Å²) in [5, 5.41) is 0. The van der Waals surface area contributed by atoms with Crippen molar-refractivity contribution in [3.05, 3.63) is 41.4 Å². The molecule has 0 spiro atoms. The van der Waals surface area contributed by atoms with Crippen molar-refractivity contribution >= 4 is 21.8 Å². The number of hydrogen-bond acceptors (Lipinski definition) is 2. The molecule has 1 atom stereocenters. The van der Waals surface area contributed by atoms with Gasteiger partial charge in [0.1, 0.15) is 5.75 Å². The predicted molar refractivity (Wildman–Crippen MR) is 86.6 cm³/mol. The van der Waals surface area contributed by atoms with Crippen LogP contribution in [0.25, 0.3) is 0 Å². The fourth-order valence-electron chi connectivity index (χ4n) is 2.50. The van der Waals surface area contributed by atoms with Crippen LogP contribution in [0.2, 0.25) is 0 Å². The monoisotopic (exact) mass is 353 g/mol. The number of hydrogen-bond donors (Lipinski definition) is 1. The number of quaternary nitrogens is 1. The first kappa shape index (κ1) is 16.0. The summed E-state index contributed by atoms with van der Waals surface area (Å²) in [6, 6.07) is 7.56. The number of carbonyl (C=O) groups excluding carboxylic acids is 1. The molecule has 0 aliphatic carbocycles. The number of halogens is 1. The van der Waals surface area contributed by atoms with Crippen LogP contribution < -0.4 is 9.64 Å². The molecule has 1 heterocycles. The fraction of sp³-hybridized carbons (Fsp3) is 0.438. The van der Waals surface area contributed by atoms with Gasteiger partial charge in [-0.2, -0.15) is 0 Å². The molecule has 2 rings (SSSR count). The molecule has 0 saturated carbocycles. The van der Waals surface area contributed by atoms with Crippen LogP contribution >= 0.6 is 15.9 Å².